The van der Waals surface area contributed by atoms with Gasteiger partial charge in [-0.15, -0.1) is 0 Å². The number of hydrogen-bond acceptors (Lipinski definition) is 3. The molecule has 21 heavy (non-hydrogen) atoms. The van der Waals surface area contributed by atoms with E-state index in [1.165, 1.54) is 31.4 Å². The molecule has 2 unspecified atom stereocenters. The van der Waals surface area contributed by atoms with Gasteiger partial charge in [-0.05, 0) is 48.9 Å². The van der Waals surface area contributed by atoms with Gasteiger partial charge in [0.05, 0.1) is 12.6 Å². The van der Waals surface area contributed by atoms with Crippen molar-refractivity contribution in [2.24, 2.45) is 17.6 Å². The Morgan fingerprint density at radius 3 is 2.48 bits per heavy atom. The topological polar surface area (TPSA) is 38.5 Å². The first-order valence-corrected chi connectivity index (χ1v) is 8.13. The van der Waals surface area contributed by atoms with Crippen LogP contribution in [0.3, 0.4) is 0 Å². The van der Waals surface area contributed by atoms with Gasteiger partial charge in [0.15, 0.2) is 0 Å². The van der Waals surface area contributed by atoms with Crippen molar-refractivity contribution in [3.05, 3.63) is 24.3 Å². The minimum Gasteiger partial charge on any atom is -0.497 e. The molecule has 2 N–H and O–H groups in total. The van der Waals surface area contributed by atoms with Crippen LogP contribution in [0.1, 0.15) is 39.5 Å². The van der Waals surface area contributed by atoms with Crippen molar-refractivity contribution < 1.29 is 4.74 Å². The fourth-order valence-electron chi connectivity index (χ4n) is 4.07. The average Bonchev–Trinajstić information content (AvgIpc) is 2.54. The summed E-state index contributed by atoms with van der Waals surface area (Å²) in [6, 6.07) is 8.34. The predicted octanol–water partition coefficient (Wildman–Crippen LogP) is 3.68. The van der Waals surface area contributed by atoms with Crippen molar-refractivity contribution in [3.63, 3.8) is 0 Å². The molecule has 1 aliphatic carbocycles. The summed E-state index contributed by atoms with van der Waals surface area (Å²) in [7, 11) is 3.91. The summed E-state index contributed by atoms with van der Waals surface area (Å²) >= 11 is 0. The minimum absolute atomic E-state index is 0.0843. The molecule has 1 fully saturated rings. The number of rotatable bonds is 5. The van der Waals surface area contributed by atoms with Crippen LogP contribution in [0.5, 0.6) is 5.75 Å². The van der Waals surface area contributed by atoms with Gasteiger partial charge >= 0.3 is 0 Å². The molecule has 0 amide bonds. The summed E-state index contributed by atoms with van der Waals surface area (Å²) in [5.74, 6) is 2.22. The molecule has 3 heteroatoms. The second-order valence-electron chi connectivity index (χ2n) is 6.66. The molecule has 0 radical (unpaired) electrons. The number of hydrogen-bond donors (Lipinski definition) is 1. The number of likely N-dealkylation sites (N-methyl/N-ethyl adjacent to an activating group) is 1. The van der Waals surface area contributed by atoms with Crippen molar-refractivity contribution >= 4 is 5.69 Å². The van der Waals surface area contributed by atoms with E-state index < -0.39 is 0 Å². The number of benzene rings is 1. The molecule has 0 bridgehead atoms. The Bertz CT molecular complexity index is 443. The molecule has 0 aromatic heterocycles. The molecular formula is C18H30N2O. The second-order valence-corrected chi connectivity index (χ2v) is 6.66. The van der Waals surface area contributed by atoms with Gasteiger partial charge in [-0.1, -0.05) is 26.7 Å². The smallest absolute Gasteiger partial charge is 0.119 e. The quantitative estimate of drug-likeness (QED) is 0.899. The molecule has 2 atom stereocenters. The van der Waals surface area contributed by atoms with Crippen LogP contribution in [0.15, 0.2) is 24.3 Å². The number of methoxy groups -OCH3 is 1. The minimum atomic E-state index is 0.0843. The lowest BCUT2D eigenvalue weighted by atomic mass is 9.67. The van der Waals surface area contributed by atoms with Crippen LogP contribution in [0.2, 0.25) is 0 Å². The lowest BCUT2D eigenvalue weighted by molar-refractivity contribution is 0.142. The molecule has 0 spiro atoms. The third-order valence-electron chi connectivity index (χ3n) is 5.35. The predicted molar refractivity (Wildman–Crippen MR) is 90.0 cm³/mol. The fraction of sp³-hybridized carbons (Fsp3) is 0.667. The van der Waals surface area contributed by atoms with Gasteiger partial charge in [-0.25, -0.2) is 0 Å². The van der Waals surface area contributed by atoms with E-state index in [-0.39, 0.29) is 5.54 Å². The Morgan fingerprint density at radius 2 is 1.95 bits per heavy atom. The van der Waals surface area contributed by atoms with Crippen LogP contribution in [0, 0.1) is 11.8 Å². The monoisotopic (exact) mass is 290 g/mol. The van der Waals surface area contributed by atoms with E-state index in [1.54, 1.807) is 7.11 Å². The highest BCUT2D eigenvalue weighted by Gasteiger charge is 2.44. The highest BCUT2D eigenvalue weighted by molar-refractivity contribution is 5.51. The zero-order chi connectivity index (χ0) is 15.5. The van der Waals surface area contributed by atoms with Crippen LogP contribution >= 0.6 is 0 Å². The second kappa shape index (κ2) is 6.69. The molecule has 1 aromatic carbocycles. The Morgan fingerprint density at radius 1 is 1.29 bits per heavy atom. The number of nitrogens with two attached hydrogens (primary N) is 1. The van der Waals surface area contributed by atoms with E-state index in [0.717, 1.165) is 12.3 Å². The van der Waals surface area contributed by atoms with Crippen LogP contribution in [0.4, 0.5) is 5.69 Å². The summed E-state index contributed by atoms with van der Waals surface area (Å²) in [5, 5.41) is 0. The summed E-state index contributed by atoms with van der Waals surface area (Å²) < 4.78 is 5.26. The number of ether oxygens (including phenoxy) is 1. The molecule has 0 aliphatic heterocycles. The molecule has 3 nitrogen and oxygen atoms in total. The van der Waals surface area contributed by atoms with Crippen molar-refractivity contribution in [2.75, 3.05) is 25.6 Å². The van der Waals surface area contributed by atoms with Gasteiger partial charge in [-0.3, -0.25) is 0 Å². The SMILES string of the molecule is COc1ccc(N(C)C2(CN)CCCCC2C(C)C)cc1. The molecule has 1 aliphatic rings. The largest absolute Gasteiger partial charge is 0.497 e. The van der Waals surface area contributed by atoms with Crippen molar-refractivity contribution in [3.8, 4) is 5.75 Å². The zero-order valence-corrected chi connectivity index (χ0v) is 13.9. The Labute approximate surface area is 129 Å². The first-order chi connectivity index (χ1) is 10.0. The Kier molecular flexibility index (Phi) is 5.15. The van der Waals surface area contributed by atoms with E-state index in [1.807, 2.05) is 12.1 Å². The summed E-state index contributed by atoms with van der Waals surface area (Å²) in [6.07, 6.45) is 5.09. The fourth-order valence-corrected chi connectivity index (χ4v) is 4.07. The third-order valence-corrected chi connectivity index (χ3v) is 5.35. The van der Waals surface area contributed by atoms with Crippen molar-refractivity contribution in [2.45, 2.75) is 45.1 Å². The van der Waals surface area contributed by atoms with E-state index in [2.05, 4.69) is 37.9 Å². The molecule has 118 valence electrons. The maximum Gasteiger partial charge on any atom is 0.119 e. The Balaban J connectivity index is 2.32. The number of anilines is 1. The normalized spacial score (nSPS) is 25.9. The molecule has 0 saturated heterocycles. The van der Waals surface area contributed by atoms with Gasteiger partial charge in [-0.2, -0.15) is 0 Å². The molecule has 1 aromatic rings. The first-order valence-electron chi connectivity index (χ1n) is 8.13. The van der Waals surface area contributed by atoms with E-state index >= 15 is 0 Å². The maximum atomic E-state index is 6.29. The van der Waals surface area contributed by atoms with Gasteiger partial charge in [0, 0.05) is 19.3 Å². The summed E-state index contributed by atoms with van der Waals surface area (Å²) in [5.41, 5.74) is 7.61. The van der Waals surface area contributed by atoms with Crippen LogP contribution in [0.25, 0.3) is 0 Å². The van der Waals surface area contributed by atoms with Gasteiger partial charge < -0.3 is 15.4 Å². The third kappa shape index (κ3) is 3.03. The highest BCUT2D eigenvalue weighted by atomic mass is 16.5. The van der Waals surface area contributed by atoms with Crippen molar-refractivity contribution in [1.29, 1.82) is 0 Å². The molecule has 0 heterocycles. The van der Waals surface area contributed by atoms with Crippen LogP contribution in [-0.4, -0.2) is 26.2 Å². The average molecular weight is 290 g/mol. The maximum absolute atomic E-state index is 6.29. The summed E-state index contributed by atoms with van der Waals surface area (Å²) in [4.78, 5) is 2.43. The standard InChI is InChI=1S/C18H30N2O/c1-14(2)17-7-5-6-12-18(17,13-19)20(3)15-8-10-16(21-4)11-9-15/h8-11,14,17H,5-7,12-13,19H2,1-4H3. The molecule has 2 rings (SSSR count). The van der Waals surface area contributed by atoms with Gasteiger partial charge in [0.25, 0.3) is 0 Å². The van der Waals surface area contributed by atoms with E-state index in [4.69, 9.17) is 10.5 Å². The zero-order valence-electron chi connectivity index (χ0n) is 13.9. The van der Waals surface area contributed by atoms with Crippen molar-refractivity contribution in [1.82, 2.24) is 0 Å². The van der Waals surface area contributed by atoms with Crippen LogP contribution in [-0.2, 0) is 0 Å². The lowest BCUT2D eigenvalue weighted by Crippen LogP contribution is -2.60. The summed E-state index contributed by atoms with van der Waals surface area (Å²) in [6.45, 7) is 5.39. The van der Waals surface area contributed by atoms with E-state index in [0.29, 0.717) is 11.8 Å². The van der Waals surface area contributed by atoms with Gasteiger partial charge in [0.2, 0.25) is 0 Å². The molecule has 1 saturated carbocycles. The van der Waals surface area contributed by atoms with Crippen LogP contribution < -0.4 is 15.4 Å². The number of nitrogens with zero attached hydrogens (tertiary/aromatic N) is 1. The van der Waals surface area contributed by atoms with Gasteiger partial charge in [0.1, 0.15) is 5.75 Å². The molecular weight excluding hydrogens is 260 g/mol. The lowest BCUT2D eigenvalue weighted by Gasteiger charge is -2.52. The van der Waals surface area contributed by atoms with E-state index in [9.17, 15) is 0 Å². The highest BCUT2D eigenvalue weighted by Crippen LogP contribution is 2.43. The first kappa shape index (κ1) is 16.2. The Hall–Kier alpha value is -1.22.